The van der Waals surface area contributed by atoms with Gasteiger partial charge >= 0.3 is 0 Å². The number of pyridine rings is 1. The summed E-state index contributed by atoms with van der Waals surface area (Å²) in [5, 5.41) is 3.77. The Morgan fingerprint density at radius 2 is 2.05 bits per heavy atom. The summed E-state index contributed by atoms with van der Waals surface area (Å²) < 4.78 is 13.1. The van der Waals surface area contributed by atoms with Crippen LogP contribution in [0.1, 0.15) is 18.5 Å². The fourth-order valence-electron chi connectivity index (χ4n) is 2.05. The van der Waals surface area contributed by atoms with Crippen LogP contribution in [0.25, 0.3) is 0 Å². The minimum atomic E-state index is -0.332. The highest BCUT2D eigenvalue weighted by atomic mass is 35.5. The van der Waals surface area contributed by atoms with E-state index in [9.17, 15) is 4.39 Å². The lowest BCUT2D eigenvalue weighted by Gasteiger charge is -2.22. The van der Waals surface area contributed by atoms with Gasteiger partial charge < -0.3 is 10.2 Å². The number of aromatic nitrogens is 1. The fourth-order valence-corrected chi connectivity index (χ4v) is 2.38. The van der Waals surface area contributed by atoms with Crippen molar-refractivity contribution >= 4 is 23.0 Å². The predicted molar refractivity (Wildman–Crippen MR) is 82.0 cm³/mol. The molecule has 1 aromatic heterocycles. The molecule has 1 atom stereocenters. The zero-order chi connectivity index (χ0) is 14.7. The first kappa shape index (κ1) is 14.6. The molecule has 20 heavy (non-hydrogen) atoms. The van der Waals surface area contributed by atoms with E-state index in [1.807, 2.05) is 32.0 Å². The maximum absolute atomic E-state index is 13.1. The number of benzene rings is 1. The van der Waals surface area contributed by atoms with E-state index in [0.717, 1.165) is 16.9 Å². The van der Waals surface area contributed by atoms with E-state index < -0.39 is 0 Å². The molecule has 3 nitrogen and oxygen atoms in total. The average molecular weight is 294 g/mol. The molecular weight excluding hydrogens is 277 g/mol. The Morgan fingerprint density at radius 3 is 2.70 bits per heavy atom. The van der Waals surface area contributed by atoms with Crippen LogP contribution in [0.15, 0.2) is 36.7 Å². The Morgan fingerprint density at radius 1 is 1.30 bits per heavy atom. The fraction of sp³-hybridized carbons (Fsp3) is 0.267. The quantitative estimate of drug-likeness (QED) is 0.919. The molecule has 0 saturated heterocycles. The standard InChI is InChI=1S/C15H17ClFN3/c1-10(12-5-4-11(17)8-13(12)16)19-14-9-18-7-6-15(14)20(2)3/h4-10,19H,1-3H3. The van der Waals surface area contributed by atoms with Crippen molar-refractivity contribution < 1.29 is 4.39 Å². The van der Waals surface area contributed by atoms with Gasteiger partial charge in [-0.1, -0.05) is 17.7 Å². The van der Waals surface area contributed by atoms with E-state index in [4.69, 9.17) is 11.6 Å². The molecule has 2 rings (SSSR count). The van der Waals surface area contributed by atoms with Crippen molar-refractivity contribution in [2.45, 2.75) is 13.0 Å². The molecule has 0 saturated carbocycles. The van der Waals surface area contributed by atoms with Gasteiger partial charge in [-0.05, 0) is 30.7 Å². The summed E-state index contributed by atoms with van der Waals surface area (Å²) in [6.45, 7) is 1.98. The zero-order valence-corrected chi connectivity index (χ0v) is 12.4. The topological polar surface area (TPSA) is 28.2 Å². The molecule has 0 spiro atoms. The third-order valence-corrected chi connectivity index (χ3v) is 3.41. The lowest BCUT2D eigenvalue weighted by Crippen LogP contribution is -2.14. The van der Waals surface area contributed by atoms with Crippen molar-refractivity contribution in [3.05, 3.63) is 53.1 Å². The van der Waals surface area contributed by atoms with Gasteiger partial charge in [0.1, 0.15) is 5.82 Å². The number of rotatable bonds is 4. The predicted octanol–water partition coefficient (Wildman–Crippen LogP) is 4.11. The van der Waals surface area contributed by atoms with Crippen molar-refractivity contribution in [1.82, 2.24) is 4.98 Å². The van der Waals surface area contributed by atoms with Gasteiger partial charge in [0.25, 0.3) is 0 Å². The van der Waals surface area contributed by atoms with Crippen LogP contribution in [-0.4, -0.2) is 19.1 Å². The normalized spacial score (nSPS) is 12.1. The molecule has 1 aromatic carbocycles. The molecule has 5 heteroatoms. The van der Waals surface area contributed by atoms with Crippen LogP contribution in [0, 0.1) is 5.82 Å². The lowest BCUT2D eigenvalue weighted by atomic mass is 10.1. The lowest BCUT2D eigenvalue weighted by molar-refractivity contribution is 0.626. The Bertz CT molecular complexity index is 601. The van der Waals surface area contributed by atoms with E-state index in [1.54, 1.807) is 18.5 Å². The van der Waals surface area contributed by atoms with Crippen molar-refractivity contribution in [3.8, 4) is 0 Å². The van der Waals surface area contributed by atoms with Gasteiger partial charge in [0, 0.05) is 25.3 Å². The van der Waals surface area contributed by atoms with Crippen molar-refractivity contribution in [2.75, 3.05) is 24.3 Å². The molecule has 0 radical (unpaired) electrons. The molecule has 0 amide bonds. The highest BCUT2D eigenvalue weighted by Gasteiger charge is 2.13. The van der Waals surface area contributed by atoms with Crippen LogP contribution >= 0.6 is 11.6 Å². The van der Waals surface area contributed by atoms with Gasteiger partial charge in [0.2, 0.25) is 0 Å². The van der Waals surface area contributed by atoms with Gasteiger partial charge in [-0.25, -0.2) is 4.39 Å². The van der Waals surface area contributed by atoms with Crippen LogP contribution < -0.4 is 10.2 Å². The molecule has 1 heterocycles. The molecule has 106 valence electrons. The van der Waals surface area contributed by atoms with Crippen LogP contribution in [0.5, 0.6) is 0 Å². The minimum absolute atomic E-state index is 0.0500. The van der Waals surface area contributed by atoms with Gasteiger partial charge in [-0.3, -0.25) is 4.98 Å². The summed E-state index contributed by atoms with van der Waals surface area (Å²) in [6.07, 6.45) is 3.51. The van der Waals surface area contributed by atoms with Crippen LogP contribution in [0.4, 0.5) is 15.8 Å². The smallest absolute Gasteiger partial charge is 0.124 e. The van der Waals surface area contributed by atoms with Crippen molar-refractivity contribution in [1.29, 1.82) is 0 Å². The third-order valence-electron chi connectivity index (χ3n) is 3.08. The highest BCUT2D eigenvalue weighted by Crippen LogP contribution is 2.30. The Labute approximate surface area is 123 Å². The molecule has 0 aliphatic heterocycles. The van der Waals surface area contributed by atoms with E-state index in [2.05, 4.69) is 10.3 Å². The zero-order valence-electron chi connectivity index (χ0n) is 11.7. The Balaban J connectivity index is 2.26. The molecular formula is C15H17ClFN3. The number of anilines is 2. The largest absolute Gasteiger partial charge is 0.376 e. The molecule has 0 aliphatic carbocycles. The second kappa shape index (κ2) is 6.09. The average Bonchev–Trinajstić information content (AvgIpc) is 2.38. The molecule has 1 unspecified atom stereocenters. The summed E-state index contributed by atoms with van der Waals surface area (Å²) in [5.74, 6) is -0.332. The second-order valence-corrected chi connectivity index (χ2v) is 5.23. The van der Waals surface area contributed by atoms with E-state index >= 15 is 0 Å². The van der Waals surface area contributed by atoms with E-state index in [-0.39, 0.29) is 11.9 Å². The van der Waals surface area contributed by atoms with Crippen LogP contribution in [0.3, 0.4) is 0 Å². The maximum atomic E-state index is 13.1. The number of nitrogens with zero attached hydrogens (tertiary/aromatic N) is 2. The monoisotopic (exact) mass is 293 g/mol. The highest BCUT2D eigenvalue weighted by molar-refractivity contribution is 6.31. The van der Waals surface area contributed by atoms with E-state index in [1.165, 1.54) is 12.1 Å². The minimum Gasteiger partial charge on any atom is -0.376 e. The molecule has 0 fully saturated rings. The number of hydrogen-bond donors (Lipinski definition) is 1. The molecule has 2 aromatic rings. The van der Waals surface area contributed by atoms with Gasteiger partial charge in [0.05, 0.1) is 23.6 Å². The molecule has 0 aliphatic rings. The first-order valence-electron chi connectivity index (χ1n) is 6.32. The van der Waals surface area contributed by atoms with Gasteiger partial charge in [-0.15, -0.1) is 0 Å². The number of hydrogen-bond acceptors (Lipinski definition) is 3. The van der Waals surface area contributed by atoms with E-state index in [0.29, 0.717) is 5.02 Å². The summed E-state index contributed by atoms with van der Waals surface area (Å²) >= 11 is 6.09. The summed E-state index contributed by atoms with van der Waals surface area (Å²) in [6, 6.07) is 6.31. The second-order valence-electron chi connectivity index (χ2n) is 4.82. The summed E-state index contributed by atoms with van der Waals surface area (Å²) in [5.41, 5.74) is 2.79. The molecule has 0 bridgehead atoms. The van der Waals surface area contributed by atoms with Gasteiger partial charge in [-0.2, -0.15) is 0 Å². The summed E-state index contributed by atoms with van der Waals surface area (Å²) in [7, 11) is 3.94. The maximum Gasteiger partial charge on any atom is 0.124 e. The van der Waals surface area contributed by atoms with Crippen LogP contribution in [0.2, 0.25) is 5.02 Å². The van der Waals surface area contributed by atoms with Crippen molar-refractivity contribution in [2.24, 2.45) is 0 Å². The number of nitrogens with one attached hydrogen (secondary N) is 1. The SMILES string of the molecule is CC(Nc1cnccc1N(C)C)c1ccc(F)cc1Cl. The van der Waals surface area contributed by atoms with Crippen LogP contribution in [-0.2, 0) is 0 Å². The first-order valence-corrected chi connectivity index (χ1v) is 6.69. The molecule has 1 N–H and O–H groups in total. The first-order chi connectivity index (χ1) is 9.49. The third kappa shape index (κ3) is 3.20. The number of halogens is 2. The van der Waals surface area contributed by atoms with Crippen molar-refractivity contribution in [3.63, 3.8) is 0 Å². The van der Waals surface area contributed by atoms with Gasteiger partial charge in [0.15, 0.2) is 0 Å². The summed E-state index contributed by atoms with van der Waals surface area (Å²) in [4.78, 5) is 6.13. The Kier molecular flexibility index (Phi) is 4.45. The Hall–Kier alpha value is -1.81.